The molecule has 2 amide bonds. The zero-order chi connectivity index (χ0) is 12.8. The van der Waals surface area contributed by atoms with Crippen molar-refractivity contribution in [1.82, 2.24) is 15.6 Å². The minimum atomic E-state index is -0.144. The molecule has 0 saturated heterocycles. The number of carbonyl (C=O) groups is 1. The summed E-state index contributed by atoms with van der Waals surface area (Å²) < 4.78 is 0. The van der Waals surface area contributed by atoms with Gasteiger partial charge in [-0.3, -0.25) is 0 Å². The van der Waals surface area contributed by atoms with Crippen molar-refractivity contribution in [2.45, 2.75) is 19.4 Å². The van der Waals surface area contributed by atoms with E-state index in [0.717, 1.165) is 11.4 Å². The lowest BCUT2D eigenvalue weighted by Gasteiger charge is -2.12. The molecule has 0 aromatic carbocycles. The van der Waals surface area contributed by atoms with Gasteiger partial charge in [0.1, 0.15) is 5.01 Å². The number of hydrogen-bond donors (Lipinski definition) is 2. The summed E-state index contributed by atoms with van der Waals surface area (Å²) in [6.07, 6.45) is 2.61. The molecule has 0 radical (unpaired) electrons. The lowest BCUT2D eigenvalue weighted by molar-refractivity contribution is 0.238. The molecule has 4 nitrogen and oxygen atoms in total. The normalized spacial score (nSPS) is 12.1. The van der Waals surface area contributed by atoms with Crippen molar-refractivity contribution in [3.8, 4) is 0 Å². The fourth-order valence-electron chi connectivity index (χ4n) is 1.51. The van der Waals surface area contributed by atoms with Crippen LogP contribution in [0.15, 0.2) is 29.1 Å². The van der Waals surface area contributed by atoms with Crippen LogP contribution in [0.25, 0.3) is 0 Å². The molecule has 2 heterocycles. The molecule has 2 aromatic rings. The Kier molecular flexibility index (Phi) is 4.72. The van der Waals surface area contributed by atoms with Gasteiger partial charge in [0, 0.05) is 23.0 Å². The summed E-state index contributed by atoms with van der Waals surface area (Å²) in [4.78, 5) is 17.1. The molecule has 96 valence electrons. The van der Waals surface area contributed by atoms with Gasteiger partial charge in [0.05, 0.1) is 6.04 Å². The molecule has 0 saturated carbocycles. The van der Waals surface area contributed by atoms with Crippen molar-refractivity contribution in [2.75, 3.05) is 6.54 Å². The van der Waals surface area contributed by atoms with Crippen molar-refractivity contribution < 1.29 is 4.79 Å². The Morgan fingerprint density at radius 2 is 2.33 bits per heavy atom. The average Bonchev–Trinajstić information content (AvgIpc) is 3.02. The molecule has 2 rings (SSSR count). The Morgan fingerprint density at radius 3 is 3.00 bits per heavy atom. The monoisotopic (exact) mass is 281 g/mol. The van der Waals surface area contributed by atoms with E-state index in [1.807, 2.05) is 23.8 Å². The number of amides is 2. The average molecular weight is 281 g/mol. The van der Waals surface area contributed by atoms with E-state index in [1.54, 1.807) is 28.9 Å². The van der Waals surface area contributed by atoms with Gasteiger partial charge in [-0.15, -0.1) is 22.7 Å². The topological polar surface area (TPSA) is 54.0 Å². The summed E-state index contributed by atoms with van der Waals surface area (Å²) in [5, 5.41) is 10.6. The van der Waals surface area contributed by atoms with Crippen LogP contribution >= 0.6 is 22.7 Å². The highest BCUT2D eigenvalue weighted by atomic mass is 32.1. The summed E-state index contributed by atoms with van der Waals surface area (Å²) in [5.74, 6) is 0. The third-order valence-corrected chi connectivity index (χ3v) is 4.30. The first-order chi connectivity index (χ1) is 8.75. The molecule has 18 heavy (non-hydrogen) atoms. The molecule has 1 unspecified atom stereocenters. The van der Waals surface area contributed by atoms with Crippen LogP contribution in [0.4, 0.5) is 4.79 Å². The summed E-state index contributed by atoms with van der Waals surface area (Å²) in [6.45, 7) is 2.58. The van der Waals surface area contributed by atoms with Crippen molar-refractivity contribution >= 4 is 28.7 Å². The van der Waals surface area contributed by atoms with Gasteiger partial charge in [-0.05, 0) is 24.8 Å². The van der Waals surface area contributed by atoms with Crippen LogP contribution in [0.3, 0.4) is 0 Å². The molecule has 0 fully saturated rings. The predicted octanol–water partition coefficient (Wildman–Crippen LogP) is 2.81. The molecule has 2 N–H and O–H groups in total. The minimum absolute atomic E-state index is 0.0493. The Morgan fingerprint density at radius 1 is 1.44 bits per heavy atom. The van der Waals surface area contributed by atoms with E-state index in [1.165, 1.54) is 4.88 Å². The summed E-state index contributed by atoms with van der Waals surface area (Å²) >= 11 is 3.25. The van der Waals surface area contributed by atoms with E-state index in [2.05, 4.69) is 21.7 Å². The first kappa shape index (κ1) is 13.0. The number of thiophene rings is 1. The number of urea groups is 1. The molecule has 0 spiro atoms. The van der Waals surface area contributed by atoms with Gasteiger partial charge in [0.2, 0.25) is 0 Å². The minimum Gasteiger partial charge on any atom is -0.338 e. The maximum absolute atomic E-state index is 11.6. The van der Waals surface area contributed by atoms with Crippen LogP contribution in [0, 0.1) is 0 Å². The Bertz CT molecular complexity index is 467. The first-order valence-corrected chi connectivity index (χ1v) is 7.48. The third-order valence-electron chi connectivity index (χ3n) is 2.41. The zero-order valence-corrected chi connectivity index (χ0v) is 11.7. The van der Waals surface area contributed by atoms with E-state index < -0.39 is 0 Å². The maximum Gasteiger partial charge on any atom is 0.315 e. The second-order valence-electron chi connectivity index (χ2n) is 3.82. The number of nitrogens with one attached hydrogen (secondary N) is 2. The van der Waals surface area contributed by atoms with Gasteiger partial charge in [-0.1, -0.05) is 6.07 Å². The number of nitrogens with zero attached hydrogens (tertiary/aromatic N) is 1. The van der Waals surface area contributed by atoms with Gasteiger partial charge in [-0.25, -0.2) is 9.78 Å². The summed E-state index contributed by atoms with van der Waals surface area (Å²) in [6, 6.07) is 3.90. The van der Waals surface area contributed by atoms with Crippen molar-refractivity contribution in [2.24, 2.45) is 0 Å². The Labute approximate surface area is 114 Å². The molecule has 1 atom stereocenters. The fourth-order valence-corrected chi connectivity index (χ4v) is 2.87. The van der Waals surface area contributed by atoms with E-state index in [0.29, 0.717) is 6.54 Å². The Balaban J connectivity index is 1.69. The van der Waals surface area contributed by atoms with Crippen LogP contribution < -0.4 is 10.6 Å². The highest BCUT2D eigenvalue weighted by Crippen LogP contribution is 2.14. The maximum atomic E-state index is 11.6. The van der Waals surface area contributed by atoms with E-state index in [-0.39, 0.29) is 12.1 Å². The van der Waals surface area contributed by atoms with E-state index in [4.69, 9.17) is 0 Å². The van der Waals surface area contributed by atoms with Crippen LogP contribution in [-0.4, -0.2) is 17.6 Å². The molecule has 0 aliphatic carbocycles. The lowest BCUT2D eigenvalue weighted by atomic mass is 10.3. The smallest absolute Gasteiger partial charge is 0.315 e. The van der Waals surface area contributed by atoms with Gasteiger partial charge in [-0.2, -0.15) is 0 Å². The van der Waals surface area contributed by atoms with Crippen LogP contribution in [0.1, 0.15) is 22.9 Å². The van der Waals surface area contributed by atoms with Gasteiger partial charge >= 0.3 is 6.03 Å². The van der Waals surface area contributed by atoms with Crippen molar-refractivity contribution in [3.63, 3.8) is 0 Å². The molecule has 2 aromatic heterocycles. The standard InChI is InChI=1S/C12H15N3OS2/c1-9(11-13-6-8-18-11)15-12(16)14-5-4-10-3-2-7-17-10/h2-3,6-9H,4-5H2,1H3,(H2,14,15,16). The quantitative estimate of drug-likeness (QED) is 0.885. The second kappa shape index (κ2) is 6.51. The number of hydrogen-bond acceptors (Lipinski definition) is 4. The first-order valence-electron chi connectivity index (χ1n) is 5.72. The van der Waals surface area contributed by atoms with Crippen LogP contribution in [0.5, 0.6) is 0 Å². The highest BCUT2D eigenvalue weighted by molar-refractivity contribution is 7.10. The number of thiazole rings is 1. The van der Waals surface area contributed by atoms with Gasteiger partial charge in [0.15, 0.2) is 0 Å². The third kappa shape index (κ3) is 3.82. The summed E-state index contributed by atoms with van der Waals surface area (Å²) in [7, 11) is 0. The van der Waals surface area contributed by atoms with E-state index in [9.17, 15) is 4.79 Å². The van der Waals surface area contributed by atoms with Crippen molar-refractivity contribution in [1.29, 1.82) is 0 Å². The van der Waals surface area contributed by atoms with Crippen LogP contribution in [0.2, 0.25) is 0 Å². The molecular formula is C12H15N3OS2. The SMILES string of the molecule is CC(NC(=O)NCCc1cccs1)c1nccs1. The summed E-state index contributed by atoms with van der Waals surface area (Å²) in [5.41, 5.74) is 0. The highest BCUT2D eigenvalue weighted by Gasteiger charge is 2.10. The van der Waals surface area contributed by atoms with Gasteiger partial charge < -0.3 is 10.6 Å². The molecule has 0 aliphatic rings. The second-order valence-corrected chi connectivity index (χ2v) is 5.78. The number of carbonyl (C=O) groups excluding carboxylic acids is 1. The van der Waals surface area contributed by atoms with Crippen LogP contribution in [-0.2, 0) is 6.42 Å². The van der Waals surface area contributed by atoms with Gasteiger partial charge in [0.25, 0.3) is 0 Å². The fraction of sp³-hybridized carbons (Fsp3) is 0.333. The molecule has 0 bridgehead atoms. The molecular weight excluding hydrogens is 266 g/mol. The largest absolute Gasteiger partial charge is 0.338 e. The zero-order valence-electron chi connectivity index (χ0n) is 10.1. The predicted molar refractivity (Wildman–Crippen MR) is 75.1 cm³/mol. The lowest BCUT2D eigenvalue weighted by Crippen LogP contribution is -2.37. The van der Waals surface area contributed by atoms with Crippen molar-refractivity contribution in [3.05, 3.63) is 39.0 Å². The molecule has 0 aliphatic heterocycles. The number of rotatable bonds is 5. The Hall–Kier alpha value is -1.40. The number of aromatic nitrogens is 1. The van der Waals surface area contributed by atoms with E-state index >= 15 is 0 Å². The molecule has 6 heteroatoms.